The zero-order valence-electron chi connectivity index (χ0n) is 16.4. The lowest BCUT2D eigenvalue weighted by atomic mass is 10.1. The van der Waals surface area contributed by atoms with Crippen LogP contribution >= 0.6 is 47.1 Å². The van der Waals surface area contributed by atoms with Gasteiger partial charge in [-0.2, -0.15) is 11.8 Å². The van der Waals surface area contributed by atoms with Gasteiger partial charge in [0.15, 0.2) is 5.96 Å². The molecule has 1 aromatic heterocycles. The molecule has 0 amide bonds. The zero-order valence-corrected chi connectivity index (χ0v) is 20.3. The van der Waals surface area contributed by atoms with Crippen LogP contribution < -0.4 is 10.6 Å². The molecule has 0 spiro atoms. The van der Waals surface area contributed by atoms with E-state index in [2.05, 4.69) is 58.7 Å². The third-order valence-electron chi connectivity index (χ3n) is 4.87. The average molecular weight is 525 g/mol. The normalized spacial score (nSPS) is 25.0. The van der Waals surface area contributed by atoms with Crippen molar-refractivity contribution in [1.82, 2.24) is 15.5 Å². The van der Waals surface area contributed by atoms with Crippen molar-refractivity contribution >= 4 is 53.0 Å². The van der Waals surface area contributed by atoms with Crippen LogP contribution in [0.25, 0.3) is 0 Å². The molecule has 2 aliphatic heterocycles. The van der Waals surface area contributed by atoms with Gasteiger partial charge in [0, 0.05) is 36.3 Å². The molecule has 0 bridgehead atoms. The van der Waals surface area contributed by atoms with Crippen LogP contribution in [0.1, 0.15) is 37.6 Å². The number of guanidine groups is 1. The van der Waals surface area contributed by atoms with Crippen molar-refractivity contribution < 1.29 is 4.74 Å². The topological polar surface area (TPSA) is 48.9 Å². The van der Waals surface area contributed by atoms with Gasteiger partial charge in [0.05, 0.1) is 25.3 Å². The number of aliphatic imine (C=N–C) groups is 1. The fourth-order valence-electron chi connectivity index (χ4n) is 3.53. The molecular weight excluding hydrogens is 491 g/mol. The van der Waals surface area contributed by atoms with Crippen molar-refractivity contribution in [3.05, 3.63) is 22.4 Å². The lowest BCUT2D eigenvalue weighted by Crippen LogP contribution is -2.44. The largest absolute Gasteiger partial charge is 0.376 e. The number of nitrogens with one attached hydrogen (secondary N) is 2. The van der Waals surface area contributed by atoms with E-state index in [0.29, 0.717) is 12.1 Å². The van der Waals surface area contributed by atoms with Gasteiger partial charge in [-0.1, -0.05) is 6.07 Å². The fourth-order valence-corrected chi connectivity index (χ4v) is 5.58. The first kappa shape index (κ1) is 23.3. The highest BCUT2D eigenvalue weighted by Crippen LogP contribution is 2.27. The van der Waals surface area contributed by atoms with E-state index in [-0.39, 0.29) is 24.0 Å². The average Bonchev–Trinajstić information content (AvgIpc) is 3.34. The van der Waals surface area contributed by atoms with E-state index in [1.807, 2.05) is 11.3 Å². The SMILES string of the molecule is CCNC(=NCC(c1cccs1)N1CCOC(C)C1)NCC1CCCS1.I. The molecule has 0 radical (unpaired) electrons. The molecule has 0 aromatic carbocycles. The summed E-state index contributed by atoms with van der Waals surface area (Å²) in [6.07, 6.45) is 2.96. The second-order valence-corrected chi connectivity index (χ2v) is 9.33. The van der Waals surface area contributed by atoms with Crippen LogP contribution in [0.3, 0.4) is 0 Å². The quantitative estimate of drug-likeness (QED) is 0.325. The molecule has 2 aliphatic rings. The molecule has 1 aromatic rings. The summed E-state index contributed by atoms with van der Waals surface area (Å²) in [6.45, 7) is 9.72. The molecule has 0 saturated carbocycles. The molecule has 0 aliphatic carbocycles. The lowest BCUT2D eigenvalue weighted by Gasteiger charge is -2.36. The summed E-state index contributed by atoms with van der Waals surface area (Å²) in [5.74, 6) is 2.25. The molecule has 2 fully saturated rings. The van der Waals surface area contributed by atoms with Crippen LogP contribution in [-0.4, -0.2) is 67.3 Å². The summed E-state index contributed by atoms with van der Waals surface area (Å²) >= 11 is 3.91. The molecule has 2 N–H and O–H groups in total. The first-order valence-electron chi connectivity index (χ1n) is 9.79. The van der Waals surface area contributed by atoms with Crippen LogP contribution in [0.2, 0.25) is 0 Å². The maximum Gasteiger partial charge on any atom is 0.191 e. The van der Waals surface area contributed by atoms with Crippen molar-refractivity contribution in [1.29, 1.82) is 0 Å². The van der Waals surface area contributed by atoms with Gasteiger partial charge in [-0.3, -0.25) is 9.89 Å². The molecule has 3 heterocycles. The minimum atomic E-state index is 0. The van der Waals surface area contributed by atoms with Crippen LogP contribution in [0.5, 0.6) is 0 Å². The summed E-state index contributed by atoms with van der Waals surface area (Å²) in [7, 11) is 0. The van der Waals surface area contributed by atoms with Gasteiger partial charge in [-0.15, -0.1) is 35.3 Å². The summed E-state index contributed by atoms with van der Waals surface area (Å²) in [6, 6.07) is 4.71. The molecule has 3 rings (SSSR count). The predicted octanol–water partition coefficient (Wildman–Crippen LogP) is 3.58. The van der Waals surface area contributed by atoms with E-state index >= 15 is 0 Å². The molecule has 27 heavy (non-hydrogen) atoms. The van der Waals surface area contributed by atoms with Crippen LogP contribution in [0.15, 0.2) is 22.5 Å². The van der Waals surface area contributed by atoms with E-state index in [9.17, 15) is 0 Å². The van der Waals surface area contributed by atoms with Gasteiger partial charge >= 0.3 is 0 Å². The van der Waals surface area contributed by atoms with E-state index < -0.39 is 0 Å². The van der Waals surface area contributed by atoms with Crippen LogP contribution in [-0.2, 0) is 4.74 Å². The number of halogens is 1. The third-order valence-corrected chi connectivity index (χ3v) is 7.24. The molecule has 2 saturated heterocycles. The molecule has 3 atom stereocenters. The second kappa shape index (κ2) is 12.5. The van der Waals surface area contributed by atoms with Gasteiger partial charge in [-0.25, -0.2) is 0 Å². The highest BCUT2D eigenvalue weighted by molar-refractivity contribution is 14.0. The number of ether oxygens (including phenoxy) is 1. The second-order valence-electron chi connectivity index (χ2n) is 6.94. The Morgan fingerprint density at radius 1 is 1.44 bits per heavy atom. The Bertz CT molecular complexity index is 552. The van der Waals surface area contributed by atoms with Gasteiger partial charge in [-0.05, 0) is 43.9 Å². The van der Waals surface area contributed by atoms with E-state index in [4.69, 9.17) is 9.73 Å². The van der Waals surface area contributed by atoms with Crippen LogP contribution in [0.4, 0.5) is 0 Å². The Kier molecular flexibility index (Phi) is 10.8. The summed E-state index contributed by atoms with van der Waals surface area (Å²) < 4.78 is 5.73. The number of nitrogens with zero attached hydrogens (tertiary/aromatic N) is 2. The Hall–Kier alpha value is -0.0300. The first-order chi connectivity index (χ1) is 12.8. The smallest absolute Gasteiger partial charge is 0.191 e. The maximum absolute atomic E-state index is 5.73. The molecule has 8 heteroatoms. The van der Waals surface area contributed by atoms with Crippen LogP contribution in [0, 0.1) is 0 Å². The van der Waals surface area contributed by atoms with E-state index in [1.165, 1.54) is 23.5 Å². The first-order valence-corrected chi connectivity index (χ1v) is 11.7. The Morgan fingerprint density at radius 3 is 3.00 bits per heavy atom. The molecule has 3 unspecified atom stereocenters. The summed E-state index contributed by atoms with van der Waals surface area (Å²) in [5.41, 5.74) is 0. The Balaban J connectivity index is 0.00000261. The number of thiophene rings is 1. The zero-order chi connectivity index (χ0) is 18.2. The summed E-state index contributed by atoms with van der Waals surface area (Å²) in [5, 5.41) is 9.85. The lowest BCUT2D eigenvalue weighted by molar-refractivity contribution is -0.0327. The standard InChI is InChI=1S/C19H32N4OS2.HI/c1-3-20-19(21-12-16-6-4-10-25-16)22-13-17(18-7-5-11-26-18)23-8-9-24-15(2)14-23;/h5,7,11,15-17H,3-4,6,8-10,12-14H2,1-2H3,(H2,20,21,22);1H. The highest BCUT2D eigenvalue weighted by atomic mass is 127. The Labute approximate surface area is 189 Å². The van der Waals surface area contributed by atoms with Crippen molar-refractivity contribution in [2.45, 2.75) is 44.1 Å². The monoisotopic (exact) mass is 524 g/mol. The number of morpholine rings is 1. The van der Waals surface area contributed by atoms with Crippen molar-refractivity contribution in [3.8, 4) is 0 Å². The van der Waals surface area contributed by atoms with E-state index in [0.717, 1.165) is 50.5 Å². The van der Waals surface area contributed by atoms with E-state index in [1.54, 1.807) is 0 Å². The number of rotatable bonds is 7. The predicted molar refractivity (Wildman–Crippen MR) is 129 cm³/mol. The van der Waals surface area contributed by atoms with Gasteiger partial charge < -0.3 is 15.4 Å². The number of hydrogen-bond acceptors (Lipinski definition) is 5. The highest BCUT2D eigenvalue weighted by Gasteiger charge is 2.26. The summed E-state index contributed by atoms with van der Waals surface area (Å²) in [4.78, 5) is 8.86. The maximum atomic E-state index is 5.73. The minimum absolute atomic E-state index is 0. The van der Waals surface area contributed by atoms with Gasteiger partial charge in [0.1, 0.15) is 0 Å². The molecule has 5 nitrogen and oxygen atoms in total. The number of thioether (sulfide) groups is 1. The van der Waals surface area contributed by atoms with Crippen molar-refractivity contribution in [2.24, 2.45) is 4.99 Å². The fraction of sp³-hybridized carbons (Fsp3) is 0.737. The van der Waals surface area contributed by atoms with Gasteiger partial charge in [0.2, 0.25) is 0 Å². The number of hydrogen-bond donors (Lipinski definition) is 2. The van der Waals surface area contributed by atoms with Gasteiger partial charge in [0.25, 0.3) is 0 Å². The van der Waals surface area contributed by atoms with Crippen molar-refractivity contribution in [3.63, 3.8) is 0 Å². The molecular formula is C19H33IN4OS2. The Morgan fingerprint density at radius 2 is 2.33 bits per heavy atom. The molecule has 154 valence electrons. The minimum Gasteiger partial charge on any atom is -0.376 e. The van der Waals surface area contributed by atoms with Crippen molar-refractivity contribution in [2.75, 3.05) is 45.1 Å². The third kappa shape index (κ3) is 7.38.